The zero-order valence-corrected chi connectivity index (χ0v) is 7.84. The van der Waals surface area contributed by atoms with E-state index in [0.29, 0.717) is 12.5 Å². The SMILES string of the molecule is CC1CCCCC1NCCC#N. The van der Waals surface area contributed by atoms with Crippen LogP contribution in [0.5, 0.6) is 0 Å². The summed E-state index contributed by atoms with van der Waals surface area (Å²) in [6.45, 7) is 3.18. The van der Waals surface area contributed by atoms with E-state index >= 15 is 0 Å². The molecule has 0 aromatic carbocycles. The summed E-state index contributed by atoms with van der Waals surface area (Å²) in [6.07, 6.45) is 6.03. The van der Waals surface area contributed by atoms with Crippen LogP contribution in [0.2, 0.25) is 0 Å². The van der Waals surface area contributed by atoms with Gasteiger partial charge in [-0.3, -0.25) is 0 Å². The van der Waals surface area contributed by atoms with Gasteiger partial charge in [0.15, 0.2) is 0 Å². The zero-order valence-electron chi connectivity index (χ0n) is 7.84. The van der Waals surface area contributed by atoms with Crippen LogP contribution < -0.4 is 5.32 Å². The van der Waals surface area contributed by atoms with E-state index in [0.717, 1.165) is 12.5 Å². The molecule has 1 aliphatic carbocycles. The molecule has 1 rings (SSSR count). The molecule has 1 N–H and O–H groups in total. The van der Waals surface area contributed by atoms with E-state index in [2.05, 4.69) is 18.3 Å². The third-order valence-corrected chi connectivity index (χ3v) is 2.75. The Morgan fingerprint density at radius 1 is 1.42 bits per heavy atom. The van der Waals surface area contributed by atoms with E-state index < -0.39 is 0 Å². The summed E-state index contributed by atoms with van der Waals surface area (Å²) in [5.74, 6) is 0.803. The summed E-state index contributed by atoms with van der Waals surface area (Å²) in [7, 11) is 0. The van der Waals surface area contributed by atoms with Crippen molar-refractivity contribution >= 4 is 0 Å². The van der Waals surface area contributed by atoms with Gasteiger partial charge in [-0.15, -0.1) is 0 Å². The maximum atomic E-state index is 8.37. The Bertz CT molecular complexity index is 160. The summed E-state index contributed by atoms with van der Waals surface area (Å²) in [5.41, 5.74) is 0. The van der Waals surface area contributed by atoms with Crippen LogP contribution in [0.3, 0.4) is 0 Å². The smallest absolute Gasteiger partial charge is 0.0635 e. The van der Waals surface area contributed by atoms with Crippen molar-refractivity contribution < 1.29 is 0 Å². The molecule has 2 unspecified atom stereocenters. The molecule has 0 amide bonds. The average Bonchev–Trinajstić information content (AvgIpc) is 2.09. The van der Waals surface area contributed by atoms with Gasteiger partial charge in [0.25, 0.3) is 0 Å². The van der Waals surface area contributed by atoms with Crippen molar-refractivity contribution in [3.05, 3.63) is 0 Å². The van der Waals surface area contributed by atoms with Gasteiger partial charge < -0.3 is 5.32 Å². The maximum Gasteiger partial charge on any atom is 0.0635 e. The molecule has 0 aliphatic heterocycles. The highest BCUT2D eigenvalue weighted by molar-refractivity contribution is 4.80. The quantitative estimate of drug-likeness (QED) is 0.651. The Hall–Kier alpha value is -0.550. The molecule has 0 heterocycles. The normalized spacial score (nSPS) is 29.7. The predicted octanol–water partition coefficient (Wildman–Crippen LogP) is 2.07. The molecule has 68 valence electrons. The number of hydrogen-bond donors (Lipinski definition) is 1. The van der Waals surface area contributed by atoms with Crippen LogP contribution in [0.4, 0.5) is 0 Å². The van der Waals surface area contributed by atoms with Gasteiger partial charge in [0.05, 0.1) is 6.07 Å². The minimum absolute atomic E-state index is 0.642. The molecule has 0 spiro atoms. The molecule has 2 atom stereocenters. The topological polar surface area (TPSA) is 35.8 Å². The van der Waals surface area contributed by atoms with Crippen LogP contribution in [-0.2, 0) is 0 Å². The lowest BCUT2D eigenvalue weighted by molar-refractivity contribution is 0.283. The molecule has 0 saturated heterocycles. The lowest BCUT2D eigenvalue weighted by Gasteiger charge is -2.29. The third kappa shape index (κ3) is 2.83. The molecular weight excluding hydrogens is 148 g/mol. The van der Waals surface area contributed by atoms with Crippen LogP contribution in [0.1, 0.15) is 39.0 Å². The van der Waals surface area contributed by atoms with Crippen molar-refractivity contribution in [2.75, 3.05) is 6.54 Å². The van der Waals surface area contributed by atoms with Gasteiger partial charge in [-0.25, -0.2) is 0 Å². The van der Waals surface area contributed by atoms with Crippen LogP contribution in [-0.4, -0.2) is 12.6 Å². The first-order valence-corrected chi connectivity index (χ1v) is 4.95. The van der Waals surface area contributed by atoms with E-state index in [1.165, 1.54) is 25.7 Å². The number of hydrogen-bond acceptors (Lipinski definition) is 2. The molecule has 2 heteroatoms. The molecule has 0 aromatic heterocycles. The van der Waals surface area contributed by atoms with Crippen molar-refractivity contribution in [3.8, 4) is 6.07 Å². The Morgan fingerprint density at radius 2 is 2.17 bits per heavy atom. The fraction of sp³-hybridized carbons (Fsp3) is 0.900. The second-order valence-electron chi connectivity index (χ2n) is 3.73. The summed E-state index contributed by atoms with van der Waals surface area (Å²) in [6, 6.07) is 2.83. The van der Waals surface area contributed by atoms with E-state index in [1.54, 1.807) is 0 Å². The van der Waals surface area contributed by atoms with Crippen LogP contribution in [0.25, 0.3) is 0 Å². The predicted molar refractivity (Wildman–Crippen MR) is 49.7 cm³/mol. The van der Waals surface area contributed by atoms with E-state index in [4.69, 9.17) is 5.26 Å². The maximum absolute atomic E-state index is 8.37. The third-order valence-electron chi connectivity index (χ3n) is 2.75. The van der Waals surface area contributed by atoms with Gasteiger partial charge in [-0.2, -0.15) is 5.26 Å². The van der Waals surface area contributed by atoms with Crippen molar-refractivity contribution in [1.29, 1.82) is 5.26 Å². The monoisotopic (exact) mass is 166 g/mol. The summed E-state index contributed by atoms with van der Waals surface area (Å²) in [4.78, 5) is 0. The zero-order chi connectivity index (χ0) is 8.81. The van der Waals surface area contributed by atoms with Crippen LogP contribution in [0, 0.1) is 17.2 Å². The Kier molecular flexibility index (Phi) is 4.10. The van der Waals surface area contributed by atoms with Gasteiger partial charge in [-0.1, -0.05) is 19.8 Å². The Labute approximate surface area is 75.0 Å². The Balaban J connectivity index is 2.16. The second-order valence-corrected chi connectivity index (χ2v) is 3.73. The average molecular weight is 166 g/mol. The van der Waals surface area contributed by atoms with Crippen LogP contribution >= 0.6 is 0 Å². The number of nitrogens with one attached hydrogen (secondary N) is 1. The number of rotatable bonds is 3. The van der Waals surface area contributed by atoms with Crippen molar-refractivity contribution in [3.63, 3.8) is 0 Å². The largest absolute Gasteiger partial charge is 0.313 e. The van der Waals surface area contributed by atoms with Gasteiger partial charge in [0.1, 0.15) is 0 Å². The highest BCUT2D eigenvalue weighted by Gasteiger charge is 2.19. The lowest BCUT2D eigenvalue weighted by atomic mass is 9.86. The lowest BCUT2D eigenvalue weighted by Crippen LogP contribution is -2.37. The van der Waals surface area contributed by atoms with E-state index in [-0.39, 0.29) is 0 Å². The van der Waals surface area contributed by atoms with Gasteiger partial charge in [0.2, 0.25) is 0 Å². The molecule has 12 heavy (non-hydrogen) atoms. The molecule has 0 bridgehead atoms. The molecule has 0 radical (unpaired) electrons. The minimum atomic E-state index is 0.642. The van der Waals surface area contributed by atoms with Gasteiger partial charge in [-0.05, 0) is 18.8 Å². The number of nitriles is 1. The van der Waals surface area contributed by atoms with Crippen molar-refractivity contribution in [1.82, 2.24) is 5.32 Å². The highest BCUT2D eigenvalue weighted by Crippen LogP contribution is 2.23. The molecule has 1 fully saturated rings. The molecule has 0 aromatic rings. The van der Waals surface area contributed by atoms with Crippen molar-refractivity contribution in [2.45, 2.75) is 45.1 Å². The molecule has 2 nitrogen and oxygen atoms in total. The van der Waals surface area contributed by atoms with Crippen LogP contribution in [0.15, 0.2) is 0 Å². The highest BCUT2D eigenvalue weighted by atomic mass is 14.9. The summed E-state index contributed by atoms with van der Waals surface area (Å²) >= 11 is 0. The van der Waals surface area contributed by atoms with Gasteiger partial charge in [0, 0.05) is 19.0 Å². The standard InChI is InChI=1S/C10H18N2/c1-9-5-2-3-6-10(9)12-8-4-7-11/h9-10,12H,2-6,8H2,1H3. The molecule has 1 saturated carbocycles. The van der Waals surface area contributed by atoms with E-state index in [1.807, 2.05) is 0 Å². The summed E-state index contributed by atoms with van der Waals surface area (Å²) in [5, 5.41) is 11.8. The number of nitrogens with zero attached hydrogens (tertiary/aromatic N) is 1. The first-order valence-electron chi connectivity index (χ1n) is 4.95. The molecular formula is C10H18N2. The minimum Gasteiger partial charge on any atom is -0.313 e. The first-order chi connectivity index (χ1) is 5.84. The fourth-order valence-electron chi connectivity index (χ4n) is 1.93. The van der Waals surface area contributed by atoms with E-state index in [9.17, 15) is 0 Å². The molecule has 1 aliphatic rings. The second kappa shape index (κ2) is 5.16. The first kappa shape index (κ1) is 9.54. The van der Waals surface area contributed by atoms with Gasteiger partial charge >= 0.3 is 0 Å². The summed E-state index contributed by atoms with van der Waals surface area (Å²) < 4.78 is 0. The van der Waals surface area contributed by atoms with Crippen molar-refractivity contribution in [2.24, 2.45) is 5.92 Å². The fourth-order valence-corrected chi connectivity index (χ4v) is 1.93. The Morgan fingerprint density at radius 3 is 2.83 bits per heavy atom.